The van der Waals surface area contributed by atoms with Crippen molar-refractivity contribution in [1.82, 2.24) is 9.88 Å². The molecule has 0 atom stereocenters. The van der Waals surface area contributed by atoms with E-state index in [4.69, 9.17) is 5.26 Å². The van der Waals surface area contributed by atoms with Gasteiger partial charge in [0, 0.05) is 37.5 Å². The highest BCUT2D eigenvalue weighted by Gasteiger charge is 2.24. The number of hydrogen-bond donors (Lipinski definition) is 1. The van der Waals surface area contributed by atoms with Gasteiger partial charge in [0.05, 0.1) is 6.07 Å². The summed E-state index contributed by atoms with van der Waals surface area (Å²) in [4.78, 5) is 27.9. The summed E-state index contributed by atoms with van der Waals surface area (Å²) in [5.41, 5.74) is -0.0981. The molecule has 1 saturated heterocycles. The molecule has 2 rings (SSSR count). The van der Waals surface area contributed by atoms with E-state index in [0.29, 0.717) is 25.9 Å². The number of nitriles is 1. The maximum absolute atomic E-state index is 12.0. The summed E-state index contributed by atoms with van der Waals surface area (Å²) in [6, 6.07) is 3.55. The minimum Gasteiger partial charge on any atom is -0.367 e. The Morgan fingerprint density at radius 2 is 2.18 bits per heavy atom. The van der Waals surface area contributed by atoms with Crippen LogP contribution in [0, 0.1) is 17.2 Å². The van der Waals surface area contributed by atoms with Crippen molar-refractivity contribution in [2.24, 2.45) is 5.92 Å². The van der Waals surface area contributed by atoms with E-state index in [1.54, 1.807) is 4.90 Å². The largest absolute Gasteiger partial charge is 0.367 e. The van der Waals surface area contributed by atoms with E-state index in [1.165, 1.54) is 18.5 Å². The lowest BCUT2D eigenvalue weighted by atomic mass is 9.98. The minimum atomic E-state index is -0.267. The van der Waals surface area contributed by atoms with Crippen molar-refractivity contribution in [2.45, 2.75) is 12.8 Å². The Bertz CT molecular complexity index is 507. The van der Waals surface area contributed by atoms with Crippen molar-refractivity contribution in [1.29, 1.82) is 5.26 Å². The van der Waals surface area contributed by atoms with Crippen LogP contribution in [-0.2, 0) is 0 Å². The molecule has 0 aliphatic carbocycles. The van der Waals surface area contributed by atoms with Crippen LogP contribution in [-0.4, -0.2) is 28.9 Å². The van der Waals surface area contributed by atoms with Crippen molar-refractivity contribution < 1.29 is 4.79 Å². The molecule has 1 aliphatic heterocycles. The molecule has 0 saturated carbocycles. The van der Waals surface area contributed by atoms with Gasteiger partial charge in [-0.3, -0.25) is 9.59 Å². The Morgan fingerprint density at radius 1 is 1.47 bits per heavy atom. The zero-order valence-electron chi connectivity index (χ0n) is 9.35. The fourth-order valence-electron chi connectivity index (χ4n) is 1.97. The number of likely N-dealkylation sites (tertiary alicyclic amines) is 1. The topological polar surface area (TPSA) is 77.0 Å². The Labute approximate surface area is 98.7 Å². The normalized spacial score (nSPS) is 16.5. The van der Waals surface area contributed by atoms with Gasteiger partial charge in [0.2, 0.25) is 0 Å². The van der Waals surface area contributed by atoms with Gasteiger partial charge >= 0.3 is 0 Å². The van der Waals surface area contributed by atoms with Crippen LogP contribution < -0.4 is 5.43 Å². The summed E-state index contributed by atoms with van der Waals surface area (Å²) >= 11 is 0. The third kappa shape index (κ3) is 2.36. The Morgan fingerprint density at radius 3 is 2.76 bits per heavy atom. The van der Waals surface area contributed by atoms with Gasteiger partial charge in [0.25, 0.3) is 5.91 Å². The Hall–Kier alpha value is -2.09. The van der Waals surface area contributed by atoms with Crippen molar-refractivity contribution in [3.05, 3.63) is 34.2 Å². The number of hydrogen-bond acceptors (Lipinski definition) is 3. The second-order valence-electron chi connectivity index (χ2n) is 4.12. The number of piperidine rings is 1. The average Bonchev–Trinajstić information content (AvgIpc) is 2.39. The van der Waals surface area contributed by atoms with Crippen molar-refractivity contribution in [2.75, 3.05) is 13.1 Å². The number of carbonyl (C=O) groups excluding carboxylic acids is 1. The van der Waals surface area contributed by atoms with E-state index in [-0.39, 0.29) is 22.8 Å². The molecule has 0 unspecified atom stereocenters. The van der Waals surface area contributed by atoms with E-state index in [1.807, 2.05) is 0 Å². The summed E-state index contributed by atoms with van der Waals surface area (Å²) < 4.78 is 0. The summed E-state index contributed by atoms with van der Waals surface area (Å²) in [7, 11) is 0. The van der Waals surface area contributed by atoms with Crippen LogP contribution in [0.3, 0.4) is 0 Å². The van der Waals surface area contributed by atoms with Gasteiger partial charge in [0.1, 0.15) is 5.56 Å². The molecule has 5 heteroatoms. The maximum atomic E-state index is 12.0. The van der Waals surface area contributed by atoms with Gasteiger partial charge in [-0.1, -0.05) is 0 Å². The first-order chi connectivity index (χ1) is 8.22. The lowest BCUT2D eigenvalue weighted by Gasteiger charge is -2.28. The van der Waals surface area contributed by atoms with Crippen LogP contribution in [0.1, 0.15) is 23.2 Å². The van der Waals surface area contributed by atoms with Crippen LogP contribution in [0.25, 0.3) is 0 Å². The van der Waals surface area contributed by atoms with Gasteiger partial charge < -0.3 is 9.88 Å². The van der Waals surface area contributed by atoms with Gasteiger partial charge in [-0.15, -0.1) is 0 Å². The molecular weight excluding hydrogens is 218 g/mol. The summed E-state index contributed by atoms with van der Waals surface area (Å²) in [6.45, 7) is 1.09. The van der Waals surface area contributed by atoms with Crippen LogP contribution >= 0.6 is 0 Å². The second-order valence-corrected chi connectivity index (χ2v) is 4.12. The lowest BCUT2D eigenvalue weighted by Crippen LogP contribution is -2.40. The highest BCUT2D eigenvalue weighted by atomic mass is 16.2. The Kier molecular flexibility index (Phi) is 3.24. The molecule has 1 aromatic rings. The molecule has 88 valence electrons. The number of aromatic nitrogens is 1. The first-order valence-electron chi connectivity index (χ1n) is 5.58. The molecule has 1 amide bonds. The number of rotatable bonds is 1. The van der Waals surface area contributed by atoms with E-state index in [9.17, 15) is 9.59 Å². The molecular formula is C12H13N3O2. The molecule has 1 aliphatic rings. The van der Waals surface area contributed by atoms with Crippen molar-refractivity contribution >= 4 is 5.91 Å². The fourth-order valence-corrected chi connectivity index (χ4v) is 1.97. The quantitative estimate of drug-likeness (QED) is 0.774. The second kappa shape index (κ2) is 4.83. The zero-order valence-corrected chi connectivity index (χ0v) is 9.35. The number of H-pyrrole nitrogens is 1. The van der Waals surface area contributed by atoms with Crippen LogP contribution in [0.15, 0.2) is 23.3 Å². The highest BCUT2D eigenvalue weighted by Crippen LogP contribution is 2.17. The van der Waals surface area contributed by atoms with Gasteiger partial charge in [-0.25, -0.2) is 0 Å². The molecule has 5 nitrogen and oxygen atoms in total. The molecule has 1 aromatic heterocycles. The third-order valence-electron chi connectivity index (χ3n) is 3.02. The third-order valence-corrected chi connectivity index (χ3v) is 3.02. The number of nitrogens with one attached hydrogen (secondary N) is 1. The van der Waals surface area contributed by atoms with E-state index in [0.717, 1.165) is 0 Å². The first kappa shape index (κ1) is 11.4. The van der Waals surface area contributed by atoms with Crippen LogP contribution in [0.4, 0.5) is 0 Å². The van der Waals surface area contributed by atoms with Gasteiger partial charge in [-0.05, 0) is 12.8 Å². The predicted octanol–water partition coefficient (Wildman–Crippen LogP) is 0.751. The molecule has 17 heavy (non-hydrogen) atoms. The van der Waals surface area contributed by atoms with E-state index < -0.39 is 0 Å². The standard InChI is InChI=1S/C12H13N3O2/c13-7-9-2-5-15(6-3-9)12(17)10-8-14-4-1-11(10)16/h1,4,8-9H,2-3,5-6H2,(H,14,16). The highest BCUT2D eigenvalue weighted by molar-refractivity contribution is 5.93. The number of nitrogens with zero attached hydrogens (tertiary/aromatic N) is 2. The maximum Gasteiger partial charge on any atom is 0.259 e. The molecule has 0 spiro atoms. The monoisotopic (exact) mass is 231 g/mol. The molecule has 0 bridgehead atoms. The summed E-state index contributed by atoms with van der Waals surface area (Å²) in [5, 5.41) is 8.77. The number of amides is 1. The first-order valence-corrected chi connectivity index (χ1v) is 5.58. The van der Waals surface area contributed by atoms with Gasteiger partial charge in [-0.2, -0.15) is 5.26 Å². The smallest absolute Gasteiger partial charge is 0.259 e. The zero-order chi connectivity index (χ0) is 12.3. The lowest BCUT2D eigenvalue weighted by molar-refractivity contribution is 0.0705. The number of carbonyl (C=O) groups is 1. The molecule has 0 aromatic carbocycles. The van der Waals surface area contributed by atoms with E-state index >= 15 is 0 Å². The van der Waals surface area contributed by atoms with E-state index in [2.05, 4.69) is 11.1 Å². The molecule has 2 heterocycles. The minimum absolute atomic E-state index is 0.0353. The fraction of sp³-hybridized carbons (Fsp3) is 0.417. The SMILES string of the molecule is N#CC1CCN(C(=O)c2c[nH]ccc2=O)CC1. The van der Waals surface area contributed by atoms with Crippen molar-refractivity contribution in [3.63, 3.8) is 0 Å². The molecule has 1 N–H and O–H groups in total. The average molecular weight is 231 g/mol. The summed E-state index contributed by atoms with van der Waals surface area (Å²) in [5.74, 6) is -0.212. The Balaban J connectivity index is 2.10. The van der Waals surface area contributed by atoms with Crippen LogP contribution in [0.2, 0.25) is 0 Å². The molecule has 1 fully saturated rings. The van der Waals surface area contributed by atoms with Crippen molar-refractivity contribution in [3.8, 4) is 6.07 Å². The number of aromatic amines is 1. The number of pyridine rings is 1. The van der Waals surface area contributed by atoms with Crippen LogP contribution in [0.5, 0.6) is 0 Å². The predicted molar refractivity (Wildman–Crippen MR) is 61.3 cm³/mol. The van der Waals surface area contributed by atoms with Gasteiger partial charge in [0.15, 0.2) is 5.43 Å². The molecule has 0 radical (unpaired) electrons. The summed E-state index contributed by atoms with van der Waals surface area (Å²) in [6.07, 6.45) is 4.31.